The van der Waals surface area contributed by atoms with Crippen LogP contribution in [0.3, 0.4) is 0 Å². The quantitative estimate of drug-likeness (QED) is 0.563. The summed E-state index contributed by atoms with van der Waals surface area (Å²) >= 11 is 0. The summed E-state index contributed by atoms with van der Waals surface area (Å²) in [6.07, 6.45) is 0. The number of nitrogens with one attached hydrogen (secondary N) is 1. The number of aromatic hydroxyl groups is 1. The topological polar surface area (TPSA) is 87.6 Å². The van der Waals surface area contributed by atoms with Crippen molar-refractivity contribution in [2.45, 2.75) is 0 Å². The monoisotopic (exact) mass is 214 g/mol. The van der Waals surface area contributed by atoms with Crippen molar-refractivity contribution >= 4 is 16.7 Å². The maximum Gasteiger partial charge on any atom is 0.364 e. The largest absolute Gasteiger partial charge is 0.507 e. The van der Waals surface area contributed by atoms with Crippen LogP contribution in [0.25, 0.3) is 10.8 Å². The van der Waals surface area contributed by atoms with Gasteiger partial charge in [0.15, 0.2) is 0 Å². The summed E-state index contributed by atoms with van der Waals surface area (Å²) in [4.78, 5) is 14.0. The van der Waals surface area contributed by atoms with Crippen LogP contribution in [0.2, 0.25) is 0 Å². The fourth-order valence-corrected chi connectivity index (χ4v) is 1.50. The predicted molar refractivity (Wildman–Crippen MR) is 57.2 cm³/mol. The van der Waals surface area contributed by atoms with Crippen molar-refractivity contribution in [1.29, 1.82) is 5.53 Å². The number of amides is 1. The number of phenolic OH excluding ortho intramolecular Hbond substituents is 1. The zero-order valence-electron chi connectivity index (χ0n) is 8.21. The number of carbonyl (C=O) groups excluding carboxylic acids is 1. The lowest BCUT2D eigenvalue weighted by Crippen LogP contribution is -1.95. The van der Waals surface area contributed by atoms with E-state index >= 15 is 0 Å². The van der Waals surface area contributed by atoms with Crippen LogP contribution < -0.4 is 4.91 Å². The molecule has 2 N–H and O–H groups in total. The Morgan fingerprint density at radius 1 is 1.25 bits per heavy atom. The van der Waals surface area contributed by atoms with Crippen molar-refractivity contribution in [2.75, 3.05) is 0 Å². The Morgan fingerprint density at radius 3 is 2.50 bits per heavy atom. The van der Waals surface area contributed by atoms with Gasteiger partial charge in [0, 0.05) is 0 Å². The van der Waals surface area contributed by atoms with Crippen molar-refractivity contribution in [3.8, 4) is 5.75 Å². The first-order valence-electron chi connectivity index (χ1n) is 4.56. The lowest BCUT2D eigenvalue weighted by molar-refractivity contribution is 0.0990. The van der Waals surface area contributed by atoms with Gasteiger partial charge in [0.05, 0.1) is 5.56 Å². The molecule has 0 saturated carbocycles. The molecule has 0 unspecified atom stereocenters. The van der Waals surface area contributed by atoms with E-state index in [9.17, 15) is 9.90 Å². The highest BCUT2D eigenvalue weighted by molar-refractivity contribution is 6.01. The van der Waals surface area contributed by atoms with Gasteiger partial charge in [-0.3, -0.25) is 4.79 Å². The van der Waals surface area contributed by atoms with Crippen molar-refractivity contribution in [1.82, 2.24) is 4.91 Å². The average molecular weight is 214 g/mol. The molecule has 0 atom stereocenters. The molecule has 0 aliphatic rings. The van der Waals surface area contributed by atoms with Gasteiger partial charge in [0.1, 0.15) is 11.3 Å². The van der Waals surface area contributed by atoms with Crippen molar-refractivity contribution in [3.05, 3.63) is 42.0 Å². The fourth-order valence-electron chi connectivity index (χ4n) is 1.50. The van der Waals surface area contributed by atoms with Gasteiger partial charge in [-0.2, -0.15) is 0 Å². The Bertz CT molecular complexity index is 616. The van der Waals surface area contributed by atoms with Crippen molar-refractivity contribution < 1.29 is 9.90 Å². The predicted octanol–water partition coefficient (Wildman–Crippen LogP) is 2.24. The van der Waals surface area contributed by atoms with Gasteiger partial charge in [-0.05, 0) is 22.9 Å². The molecule has 0 aromatic heterocycles. The maximum absolute atomic E-state index is 11.4. The second-order valence-electron chi connectivity index (χ2n) is 3.22. The second-order valence-corrected chi connectivity index (χ2v) is 3.22. The van der Waals surface area contributed by atoms with Crippen LogP contribution in [0.15, 0.2) is 41.5 Å². The number of fused-ring (bicyclic) bond motifs is 1. The third-order valence-electron chi connectivity index (χ3n) is 2.24. The fraction of sp³-hybridized carbons (Fsp3) is 0. The first-order valence-corrected chi connectivity index (χ1v) is 4.56. The highest BCUT2D eigenvalue weighted by Crippen LogP contribution is 2.25. The van der Waals surface area contributed by atoms with E-state index in [4.69, 9.17) is 5.53 Å². The highest BCUT2D eigenvalue weighted by atomic mass is 16.3. The molecule has 2 rings (SSSR count). The van der Waals surface area contributed by atoms with Crippen LogP contribution in [-0.2, 0) is 0 Å². The van der Waals surface area contributed by atoms with Crippen LogP contribution in [0.4, 0.5) is 0 Å². The molecule has 5 nitrogen and oxygen atoms in total. The molecular weight excluding hydrogens is 206 g/mol. The van der Waals surface area contributed by atoms with E-state index in [0.29, 0.717) is 0 Å². The van der Waals surface area contributed by atoms with Gasteiger partial charge < -0.3 is 5.11 Å². The van der Waals surface area contributed by atoms with Crippen molar-refractivity contribution in [2.24, 2.45) is 5.11 Å². The minimum Gasteiger partial charge on any atom is -0.507 e. The van der Waals surface area contributed by atoms with Crippen molar-refractivity contribution in [3.63, 3.8) is 0 Å². The molecule has 1 amide bonds. The van der Waals surface area contributed by atoms with Gasteiger partial charge in [0.25, 0.3) is 0 Å². The average Bonchev–Trinajstić information content (AvgIpc) is 2.28. The van der Waals surface area contributed by atoms with Gasteiger partial charge in [0.2, 0.25) is 10.0 Å². The Kier molecular flexibility index (Phi) is 2.45. The molecule has 0 fully saturated rings. The lowest BCUT2D eigenvalue weighted by atomic mass is 10.1. The first kappa shape index (κ1) is 10.0. The molecule has 0 aliphatic carbocycles. The summed E-state index contributed by atoms with van der Waals surface area (Å²) < 4.78 is 0. The van der Waals surface area contributed by atoms with Crippen LogP contribution in [0.5, 0.6) is 5.75 Å². The molecule has 0 radical (unpaired) electrons. The number of hydrogen-bond acceptors (Lipinski definition) is 3. The van der Waals surface area contributed by atoms with E-state index < -0.39 is 5.91 Å². The molecule has 0 heterocycles. The van der Waals surface area contributed by atoms with Crippen LogP contribution >= 0.6 is 0 Å². The zero-order chi connectivity index (χ0) is 11.5. The third kappa shape index (κ3) is 1.67. The number of benzene rings is 2. The second kappa shape index (κ2) is 3.92. The summed E-state index contributed by atoms with van der Waals surface area (Å²) in [6, 6.07) is 10.3. The standard InChI is InChI=1S/C11H7N3O2/c12-14-13-11(16)9-5-7-3-1-2-4-8(7)6-10(9)15/h1-6,12H/p+1. The highest BCUT2D eigenvalue weighted by Gasteiger charge is 2.15. The SMILES string of the molecule is N=[N+]=NC(=O)c1cc2ccccc2cc1O. The number of nitrogens with zero attached hydrogens (tertiary/aromatic N) is 2. The Morgan fingerprint density at radius 2 is 1.88 bits per heavy atom. The lowest BCUT2D eigenvalue weighted by Gasteiger charge is -2.01. The molecule has 0 saturated heterocycles. The molecule has 2 aromatic rings. The summed E-state index contributed by atoms with van der Waals surface area (Å²) in [5.41, 5.74) is 6.52. The molecule has 2 aromatic carbocycles. The third-order valence-corrected chi connectivity index (χ3v) is 2.24. The van der Waals surface area contributed by atoms with E-state index in [2.05, 4.69) is 10.0 Å². The minimum atomic E-state index is -0.724. The molecule has 5 heteroatoms. The Labute approximate surface area is 90.6 Å². The van der Waals surface area contributed by atoms with Crippen LogP contribution in [0, 0.1) is 5.53 Å². The molecule has 0 bridgehead atoms. The van der Waals surface area contributed by atoms with Crippen LogP contribution in [-0.4, -0.2) is 11.0 Å². The van der Waals surface area contributed by atoms with E-state index in [1.165, 1.54) is 12.1 Å². The molecule has 16 heavy (non-hydrogen) atoms. The smallest absolute Gasteiger partial charge is 0.364 e. The normalized spacial score (nSPS) is 9.75. The van der Waals surface area contributed by atoms with Gasteiger partial charge in [-0.25, -0.2) is 0 Å². The molecule has 0 spiro atoms. The van der Waals surface area contributed by atoms with E-state index in [-0.39, 0.29) is 11.3 Å². The van der Waals surface area contributed by atoms with Gasteiger partial charge in [-0.15, -0.1) is 0 Å². The molecular formula is C11H8N3O2+. The Hall–Kier alpha value is -2.52. The van der Waals surface area contributed by atoms with Gasteiger partial charge >= 0.3 is 5.91 Å². The minimum absolute atomic E-state index is 0.0506. The van der Waals surface area contributed by atoms with Gasteiger partial charge in [-0.1, -0.05) is 24.3 Å². The van der Waals surface area contributed by atoms with E-state index in [1.54, 1.807) is 0 Å². The zero-order valence-corrected chi connectivity index (χ0v) is 8.21. The first-order chi connectivity index (χ1) is 7.72. The van der Waals surface area contributed by atoms with E-state index in [1.807, 2.05) is 24.3 Å². The molecule has 78 valence electrons. The number of phenols is 1. The summed E-state index contributed by atoms with van der Waals surface area (Å²) in [5.74, 6) is -0.880. The maximum atomic E-state index is 11.4. The number of hydrogen-bond donors (Lipinski definition) is 2. The summed E-state index contributed by atoms with van der Waals surface area (Å²) in [6.45, 7) is 0. The molecule has 0 aliphatic heterocycles. The number of rotatable bonds is 1. The van der Waals surface area contributed by atoms with Crippen LogP contribution in [0.1, 0.15) is 10.4 Å². The van der Waals surface area contributed by atoms with E-state index in [0.717, 1.165) is 10.8 Å². The number of carbonyl (C=O) groups is 1. The summed E-state index contributed by atoms with van der Waals surface area (Å²) in [7, 11) is 0. The Balaban J connectivity index is 2.67. The summed E-state index contributed by atoms with van der Waals surface area (Å²) in [5, 5.41) is 14.3.